The molecule has 0 spiro atoms. The van der Waals surface area contributed by atoms with Crippen LogP contribution in [0.25, 0.3) is 0 Å². The van der Waals surface area contributed by atoms with Crippen LogP contribution in [0.1, 0.15) is 6.92 Å². The van der Waals surface area contributed by atoms with Crippen LogP contribution < -0.4 is 0 Å². The van der Waals surface area contributed by atoms with Gasteiger partial charge in [0, 0.05) is 13.0 Å². The van der Waals surface area contributed by atoms with Crippen LogP contribution in [0.3, 0.4) is 0 Å². The number of carbonyl (C=O) groups is 1. The van der Waals surface area contributed by atoms with Crippen molar-refractivity contribution in [2.75, 3.05) is 26.9 Å². The summed E-state index contributed by atoms with van der Waals surface area (Å²) in [5.74, 6) is -0.00291. The molecule has 0 amide bonds. The lowest BCUT2D eigenvalue weighted by atomic mass is 10.2. The molecule has 0 N–H and O–H groups in total. The van der Waals surface area contributed by atoms with E-state index in [-0.39, 0.29) is 5.92 Å². The van der Waals surface area contributed by atoms with Crippen LogP contribution in [0, 0.1) is 5.92 Å². The molecule has 0 aromatic heterocycles. The molecule has 0 aromatic rings. The summed E-state index contributed by atoms with van der Waals surface area (Å²) >= 11 is 0. The third kappa shape index (κ3) is 5.72. The number of rotatable bonds is 6. The second kappa shape index (κ2) is 6.71. The minimum Gasteiger partial charge on any atom is -0.382 e. The van der Waals surface area contributed by atoms with Gasteiger partial charge in [-0.15, -0.1) is 0 Å². The van der Waals surface area contributed by atoms with E-state index >= 15 is 0 Å². The van der Waals surface area contributed by atoms with E-state index in [0.717, 1.165) is 6.29 Å². The van der Waals surface area contributed by atoms with Crippen molar-refractivity contribution in [3.05, 3.63) is 0 Å². The average molecular weight is 146 g/mol. The van der Waals surface area contributed by atoms with Crippen LogP contribution in [0.15, 0.2) is 0 Å². The van der Waals surface area contributed by atoms with Gasteiger partial charge in [-0.3, -0.25) is 0 Å². The van der Waals surface area contributed by atoms with E-state index in [1.807, 2.05) is 6.92 Å². The van der Waals surface area contributed by atoms with E-state index in [2.05, 4.69) is 0 Å². The van der Waals surface area contributed by atoms with Gasteiger partial charge in [-0.05, 0) is 0 Å². The highest BCUT2D eigenvalue weighted by atomic mass is 16.5. The largest absolute Gasteiger partial charge is 0.382 e. The fourth-order valence-corrected chi connectivity index (χ4v) is 0.451. The van der Waals surface area contributed by atoms with Gasteiger partial charge < -0.3 is 14.3 Å². The van der Waals surface area contributed by atoms with E-state index in [4.69, 9.17) is 9.47 Å². The molecule has 0 saturated carbocycles. The minimum absolute atomic E-state index is 0.00291. The van der Waals surface area contributed by atoms with Gasteiger partial charge in [0.05, 0.1) is 19.8 Å². The van der Waals surface area contributed by atoms with Crippen LogP contribution in [0.5, 0.6) is 0 Å². The zero-order valence-corrected chi connectivity index (χ0v) is 6.50. The lowest BCUT2D eigenvalue weighted by Gasteiger charge is -2.03. The second-order valence-electron chi connectivity index (χ2n) is 2.18. The zero-order chi connectivity index (χ0) is 7.82. The molecule has 0 aliphatic carbocycles. The molecule has 0 aliphatic rings. The van der Waals surface area contributed by atoms with Gasteiger partial charge in [0.2, 0.25) is 0 Å². The molecular weight excluding hydrogens is 132 g/mol. The summed E-state index contributed by atoms with van der Waals surface area (Å²) in [6.45, 7) is 3.47. The van der Waals surface area contributed by atoms with Gasteiger partial charge in [0.1, 0.15) is 6.29 Å². The third-order valence-corrected chi connectivity index (χ3v) is 1.04. The molecule has 0 aliphatic heterocycles. The fraction of sp³-hybridized carbons (Fsp3) is 0.857. The van der Waals surface area contributed by atoms with E-state index in [1.54, 1.807) is 7.11 Å². The monoisotopic (exact) mass is 146 g/mol. The number of hydrogen-bond donors (Lipinski definition) is 0. The van der Waals surface area contributed by atoms with Gasteiger partial charge >= 0.3 is 0 Å². The Morgan fingerprint density at radius 3 is 2.70 bits per heavy atom. The van der Waals surface area contributed by atoms with Crippen molar-refractivity contribution < 1.29 is 14.3 Å². The van der Waals surface area contributed by atoms with Gasteiger partial charge in [-0.25, -0.2) is 0 Å². The lowest BCUT2D eigenvalue weighted by Crippen LogP contribution is -2.10. The van der Waals surface area contributed by atoms with Gasteiger partial charge in [0.15, 0.2) is 0 Å². The van der Waals surface area contributed by atoms with Gasteiger partial charge in [-0.1, -0.05) is 6.92 Å². The summed E-state index contributed by atoms with van der Waals surface area (Å²) in [7, 11) is 1.62. The van der Waals surface area contributed by atoms with Crippen LogP contribution in [-0.2, 0) is 14.3 Å². The highest BCUT2D eigenvalue weighted by Crippen LogP contribution is 1.89. The average Bonchev–Trinajstić information content (AvgIpc) is 1.98. The predicted octanol–water partition coefficient (Wildman–Crippen LogP) is 0.484. The Bertz CT molecular complexity index is 82.9. The van der Waals surface area contributed by atoms with Crippen molar-refractivity contribution in [1.82, 2.24) is 0 Å². The SMILES string of the molecule is COCCOCC(C)C=O. The molecule has 10 heavy (non-hydrogen) atoms. The smallest absolute Gasteiger partial charge is 0.125 e. The molecule has 0 heterocycles. The van der Waals surface area contributed by atoms with Gasteiger partial charge in [-0.2, -0.15) is 0 Å². The number of ether oxygens (including phenoxy) is 2. The van der Waals surface area contributed by atoms with Crippen LogP contribution in [0.4, 0.5) is 0 Å². The molecule has 0 aromatic carbocycles. The predicted molar refractivity (Wildman–Crippen MR) is 37.9 cm³/mol. The first-order valence-electron chi connectivity index (χ1n) is 3.33. The molecule has 0 radical (unpaired) electrons. The maximum Gasteiger partial charge on any atom is 0.125 e. The van der Waals surface area contributed by atoms with Crippen LogP contribution in [0.2, 0.25) is 0 Å². The Kier molecular flexibility index (Phi) is 6.43. The minimum atomic E-state index is -0.00291. The topological polar surface area (TPSA) is 35.5 Å². The van der Waals surface area contributed by atoms with Crippen molar-refractivity contribution in [3.63, 3.8) is 0 Å². The molecule has 60 valence electrons. The maximum absolute atomic E-state index is 10.1. The molecule has 0 rings (SSSR count). The van der Waals surface area contributed by atoms with Gasteiger partial charge in [0.25, 0.3) is 0 Å². The summed E-state index contributed by atoms with van der Waals surface area (Å²) in [6.07, 6.45) is 0.882. The highest BCUT2D eigenvalue weighted by molar-refractivity contribution is 5.52. The molecule has 1 atom stereocenters. The van der Waals surface area contributed by atoms with E-state index < -0.39 is 0 Å². The summed E-state index contributed by atoms with van der Waals surface area (Å²) < 4.78 is 9.81. The summed E-state index contributed by atoms with van der Waals surface area (Å²) in [5, 5.41) is 0. The Balaban J connectivity index is 2.95. The molecular formula is C7H14O3. The summed E-state index contributed by atoms with van der Waals surface area (Å²) in [4.78, 5) is 10.1. The van der Waals surface area contributed by atoms with Crippen molar-refractivity contribution in [1.29, 1.82) is 0 Å². The maximum atomic E-state index is 10.1. The first-order valence-corrected chi connectivity index (χ1v) is 3.33. The van der Waals surface area contributed by atoms with Crippen LogP contribution >= 0.6 is 0 Å². The highest BCUT2D eigenvalue weighted by Gasteiger charge is 1.97. The summed E-state index contributed by atoms with van der Waals surface area (Å²) in [6, 6.07) is 0. The Morgan fingerprint density at radius 1 is 1.50 bits per heavy atom. The standard InChI is InChI=1S/C7H14O3/c1-7(5-8)6-10-4-3-9-2/h5,7H,3-4,6H2,1-2H3. The molecule has 1 unspecified atom stereocenters. The lowest BCUT2D eigenvalue weighted by molar-refractivity contribution is -0.112. The van der Waals surface area contributed by atoms with E-state index in [1.165, 1.54) is 0 Å². The molecule has 3 heteroatoms. The number of hydrogen-bond acceptors (Lipinski definition) is 3. The van der Waals surface area contributed by atoms with Crippen molar-refractivity contribution >= 4 is 6.29 Å². The number of carbonyl (C=O) groups excluding carboxylic acids is 1. The first kappa shape index (κ1) is 9.59. The zero-order valence-electron chi connectivity index (χ0n) is 6.50. The fourth-order valence-electron chi connectivity index (χ4n) is 0.451. The second-order valence-corrected chi connectivity index (χ2v) is 2.18. The van der Waals surface area contributed by atoms with Crippen molar-refractivity contribution in [2.45, 2.75) is 6.92 Å². The van der Waals surface area contributed by atoms with Crippen molar-refractivity contribution in [3.8, 4) is 0 Å². The molecule has 0 bridgehead atoms. The number of methoxy groups -OCH3 is 1. The molecule has 0 saturated heterocycles. The quantitative estimate of drug-likeness (QED) is 0.404. The Hall–Kier alpha value is -0.410. The van der Waals surface area contributed by atoms with Crippen LogP contribution in [-0.4, -0.2) is 33.2 Å². The van der Waals surface area contributed by atoms with Crippen molar-refractivity contribution in [2.24, 2.45) is 5.92 Å². The number of aldehydes is 1. The third-order valence-electron chi connectivity index (χ3n) is 1.04. The molecule has 3 nitrogen and oxygen atoms in total. The van der Waals surface area contributed by atoms with E-state index in [0.29, 0.717) is 19.8 Å². The first-order chi connectivity index (χ1) is 4.81. The Morgan fingerprint density at radius 2 is 2.20 bits per heavy atom. The normalized spacial score (nSPS) is 13.0. The summed E-state index contributed by atoms with van der Waals surface area (Å²) in [5.41, 5.74) is 0. The Labute approximate surface area is 61.3 Å². The van der Waals surface area contributed by atoms with E-state index in [9.17, 15) is 4.79 Å². The molecule has 0 fully saturated rings.